The zero-order valence-corrected chi connectivity index (χ0v) is 19.9. The Hall–Kier alpha value is -3.32. The monoisotopic (exact) mass is 492 g/mol. The van der Waals surface area contributed by atoms with Crippen molar-refractivity contribution in [2.45, 2.75) is 13.8 Å². The van der Waals surface area contributed by atoms with E-state index < -0.39 is 0 Å². The summed E-state index contributed by atoms with van der Waals surface area (Å²) in [6.45, 7) is 5.83. The Morgan fingerprint density at radius 2 is 1.75 bits per heavy atom. The number of hydrogen-bond donors (Lipinski definition) is 2. The smallest absolute Gasteiger partial charge is 0.255 e. The average molecular weight is 493 g/mol. The van der Waals surface area contributed by atoms with E-state index in [2.05, 4.69) is 45.0 Å². The molecule has 6 nitrogen and oxygen atoms in total. The topological polar surface area (TPSA) is 70.2 Å². The van der Waals surface area contributed by atoms with Crippen LogP contribution in [0.4, 0.5) is 11.4 Å². The molecule has 0 saturated heterocycles. The molecule has 0 saturated carbocycles. The number of aromatic nitrogens is 2. The van der Waals surface area contributed by atoms with Crippen LogP contribution < -0.4 is 15.0 Å². The highest BCUT2D eigenvalue weighted by atomic mass is 79.9. The zero-order chi connectivity index (χ0) is 22.7. The van der Waals surface area contributed by atoms with Crippen molar-refractivity contribution < 1.29 is 9.53 Å². The van der Waals surface area contributed by atoms with Crippen molar-refractivity contribution in [2.24, 2.45) is 0 Å². The Morgan fingerprint density at radius 1 is 1.06 bits per heavy atom. The van der Waals surface area contributed by atoms with Crippen molar-refractivity contribution in [1.29, 1.82) is 0 Å². The molecule has 0 aliphatic rings. The number of H-pyrrole nitrogens is 1. The molecule has 3 aromatic carbocycles. The molecule has 2 N–H and O–H groups in total. The summed E-state index contributed by atoms with van der Waals surface area (Å²) >= 11 is 3.41. The fourth-order valence-electron chi connectivity index (χ4n) is 3.65. The summed E-state index contributed by atoms with van der Waals surface area (Å²) in [7, 11) is 1.65. The Bertz CT molecular complexity index is 1230. The van der Waals surface area contributed by atoms with Crippen molar-refractivity contribution in [1.82, 2.24) is 9.97 Å². The van der Waals surface area contributed by atoms with Crippen LogP contribution in [0.1, 0.15) is 24.2 Å². The molecule has 0 spiro atoms. The number of carbonyl (C=O) groups is 1. The van der Waals surface area contributed by atoms with E-state index in [1.54, 1.807) is 19.2 Å². The average Bonchev–Trinajstić information content (AvgIpc) is 3.23. The Balaban J connectivity index is 1.74. The minimum absolute atomic E-state index is 0.153. The number of fused-ring (bicyclic) bond motifs is 1. The number of benzene rings is 3. The van der Waals surface area contributed by atoms with Crippen molar-refractivity contribution in [3.05, 3.63) is 70.7 Å². The number of methoxy groups -OCH3 is 1. The highest BCUT2D eigenvalue weighted by molar-refractivity contribution is 9.10. The number of ether oxygens (including phenoxy) is 1. The van der Waals surface area contributed by atoms with Crippen molar-refractivity contribution in [2.75, 3.05) is 30.4 Å². The van der Waals surface area contributed by atoms with Gasteiger partial charge in [-0.25, -0.2) is 4.98 Å². The van der Waals surface area contributed by atoms with E-state index in [-0.39, 0.29) is 5.91 Å². The van der Waals surface area contributed by atoms with Crippen LogP contribution in [-0.4, -0.2) is 36.1 Å². The molecule has 4 rings (SSSR count). The number of nitrogens with zero attached hydrogens (tertiary/aromatic N) is 2. The molecular weight excluding hydrogens is 468 g/mol. The quantitative estimate of drug-likeness (QED) is 0.327. The van der Waals surface area contributed by atoms with Crippen LogP contribution in [0.5, 0.6) is 5.75 Å². The fourth-order valence-corrected chi connectivity index (χ4v) is 3.92. The van der Waals surface area contributed by atoms with Crippen LogP contribution in [-0.2, 0) is 0 Å². The van der Waals surface area contributed by atoms with E-state index in [1.165, 1.54) is 0 Å². The van der Waals surface area contributed by atoms with Gasteiger partial charge in [0.2, 0.25) is 0 Å². The van der Waals surface area contributed by atoms with Gasteiger partial charge < -0.3 is 19.9 Å². The van der Waals surface area contributed by atoms with Gasteiger partial charge in [-0.15, -0.1) is 0 Å². The minimum atomic E-state index is -0.153. The lowest BCUT2D eigenvalue weighted by Crippen LogP contribution is -2.24. The molecule has 164 valence electrons. The van der Waals surface area contributed by atoms with E-state index in [0.29, 0.717) is 5.56 Å². The summed E-state index contributed by atoms with van der Waals surface area (Å²) in [6.07, 6.45) is 0. The first-order chi connectivity index (χ1) is 15.5. The first-order valence-corrected chi connectivity index (χ1v) is 11.3. The summed E-state index contributed by atoms with van der Waals surface area (Å²) in [5, 5.41) is 3.09. The van der Waals surface area contributed by atoms with Crippen LogP contribution in [0.3, 0.4) is 0 Å². The number of rotatable bonds is 7. The molecular formula is C25H25BrN4O2. The van der Waals surface area contributed by atoms with Crippen molar-refractivity contribution in [3.63, 3.8) is 0 Å². The highest BCUT2D eigenvalue weighted by Crippen LogP contribution is 2.33. The second kappa shape index (κ2) is 9.44. The molecule has 32 heavy (non-hydrogen) atoms. The van der Waals surface area contributed by atoms with Gasteiger partial charge in [0.1, 0.15) is 11.6 Å². The molecule has 0 aliphatic heterocycles. The van der Waals surface area contributed by atoms with E-state index in [4.69, 9.17) is 9.72 Å². The summed E-state index contributed by atoms with van der Waals surface area (Å²) in [6, 6.07) is 19.1. The van der Waals surface area contributed by atoms with E-state index in [0.717, 1.165) is 57.1 Å². The molecule has 1 heterocycles. The molecule has 0 aliphatic carbocycles. The lowest BCUT2D eigenvalue weighted by molar-refractivity contribution is 0.102. The van der Waals surface area contributed by atoms with Gasteiger partial charge in [0.15, 0.2) is 0 Å². The largest absolute Gasteiger partial charge is 0.497 e. The number of nitrogens with one attached hydrogen (secondary N) is 2. The number of halogens is 1. The first kappa shape index (κ1) is 21.9. The molecule has 7 heteroatoms. The predicted octanol–water partition coefficient (Wildman–Crippen LogP) is 6.10. The Morgan fingerprint density at radius 3 is 2.38 bits per heavy atom. The second-order valence-corrected chi connectivity index (χ2v) is 8.25. The number of hydrogen-bond acceptors (Lipinski definition) is 4. The standard InChI is InChI=1S/C25H25BrN4O2/c1-4-30(5-2)23-15-21-20(27-24(28-21)16-8-12-19(32-3)13-9-16)14-22(23)29-25(31)17-6-10-18(26)11-7-17/h6-15H,4-5H2,1-3H3,(H,27,28)(H,29,31). The minimum Gasteiger partial charge on any atom is -0.497 e. The number of carbonyl (C=O) groups excluding carboxylic acids is 1. The van der Waals surface area contributed by atoms with Crippen LogP contribution in [0, 0.1) is 0 Å². The SMILES string of the molecule is CCN(CC)c1cc2nc(-c3ccc(OC)cc3)[nH]c2cc1NC(=O)c1ccc(Br)cc1. The van der Waals surface area contributed by atoms with Crippen molar-refractivity contribution in [3.8, 4) is 17.1 Å². The third-order valence-corrected chi connectivity index (χ3v) is 5.95. The van der Waals surface area contributed by atoms with E-state index >= 15 is 0 Å². The summed E-state index contributed by atoms with van der Waals surface area (Å²) in [4.78, 5) is 23.3. The number of anilines is 2. The third-order valence-electron chi connectivity index (χ3n) is 5.42. The maximum atomic E-state index is 12.9. The molecule has 0 unspecified atom stereocenters. The van der Waals surface area contributed by atoms with Gasteiger partial charge in [-0.2, -0.15) is 0 Å². The van der Waals surface area contributed by atoms with Gasteiger partial charge in [-0.3, -0.25) is 4.79 Å². The van der Waals surface area contributed by atoms with Crippen molar-refractivity contribution >= 4 is 44.2 Å². The maximum absolute atomic E-state index is 12.9. The fraction of sp³-hybridized carbons (Fsp3) is 0.200. The molecule has 0 bridgehead atoms. The molecule has 1 aromatic heterocycles. The Labute approximate surface area is 195 Å². The lowest BCUT2D eigenvalue weighted by Gasteiger charge is -2.24. The molecule has 0 radical (unpaired) electrons. The van der Waals surface area contributed by atoms with Gasteiger partial charge in [-0.05, 0) is 74.5 Å². The second-order valence-electron chi connectivity index (χ2n) is 7.33. The van der Waals surface area contributed by atoms with E-state index in [1.807, 2.05) is 48.5 Å². The molecule has 0 fully saturated rings. The van der Waals surface area contributed by atoms with Crippen LogP contribution in [0.25, 0.3) is 22.4 Å². The van der Waals surface area contributed by atoms with Gasteiger partial charge in [-0.1, -0.05) is 15.9 Å². The first-order valence-electron chi connectivity index (χ1n) is 10.5. The van der Waals surface area contributed by atoms with Crippen LogP contribution in [0.2, 0.25) is 0 Å². The molecule has 0 atom stereocenters. The van der Waals surface area contributed by atoms with Crippen LogP contribution >= 0.6 is 15.9 Å². The number of imidazole rings is 1. The zero-order valence-electron chi connectivity index (χ0n) is 18.3. The third kappa shape index (κ3) is 4.48. The molecule has 4 aromatic rings. The molecule has 1 amide bonds. The van der Waals surface area contributed by atoms with Gasteiger partial charge in [0, 0.05) is 28.7 Å². The predicted molar refractivity (Wildman–Crippen MR) is 134 cm³/mol. The normalized spacial score (nSPS) is 10.9. The summed E-state index contributed by atoms with van der Waals surface area (Å²) in [5.74, 6) is 1.41. The Kier molecular flexibility index (Phi) is 6.46. The van der Waals surface area contributed by atoms with Gasteiger partial charge in [0.25, 0.3) is 5.91 Å². The number of aromatic amines is 1. The highest BCUT2D eigenvalue weighted by Gasteiger charge is 2.16. The van der Waals surface area contributed by atoms with Gasteiger partial charge in [0.05, 0.1) is 29.5 Å². The van der Waals surface area contributed by atoms with Crippen LogP contribution in [0.15, 0.2) is 65.1 Å². The van der Waals surface area contributed by atoms with Gasteiger partial charge >= 0.3 is 0 Å². The van der Waals surface area contributed by atoms with E-state index in [9.17, 15) is 4.79 Å². The number of amides is 1. The summed E-state index contributed by atoms with van der Waals surface area (Å²) in [5.41, 5.74) is 4.96. The lowest BCUT2D eigenvalue weighted by atomic mass is 10.1. The summed E-state index contributed by atoms with van der Waals surface area (Å²) < 4.78 is 6.18. The maximum Gasteiger partial charge on any atom is 0.255 e.